The van der Waals surface area contributed by atoms with E-state index < -0.39 is 0 Å². The molecule has 1 aromatic rings. The molecule has 1 fully saturated rings. The monoisotopic (exact) mass is 270 g/mol. The van der Waals surface area contributed by atoms with Crippen molar-refractivity contribution in [3.63, 3.8) is 0 Å². The summed E-state index contributed by atoms with van der Waals surface area (Å²) in [4.78, 5) is 25.1. The number of carbonyl (C=O) groups excluding carboxylic acids is 2. The van der Waals surface area contributed by atoms with Crippen LogP contribution in [0.4, 0.5) is 4.79 Å². The Morgan fingerprint density at radius 2 is 2.24 bits per heavy atom. The minimum absolute atomic E-state index is 0.190. The van der Waals surface area contributed by atoms with Crippen molar-refractivity contribution in [2.75, 3.05) is 18.8 Å². The summed E-state index contributed by atoms with van der Waals surface area (Å²) in [5, 5.41) is 3.21. The molecule has 1 N–H and O–H groups in total. The minimum atomic E-state index is -0.310. The summed E-state index contributed by atoms with van der Waals surface area (Å²) < 4.78 is 0. The number of halogens is 1. The fourth-order valence-electron chi connectivity index (χ4n) is 1.49. The second kappa shape index (κ2) is 5.42. The first-order chi connectivity index (χ1) is 8.18. The van der Waals surface area contributed by atoms with E-state index in [-0.39, 0.29) is 17.7 Å². The van der Waals surface area contributed by atoms with Crippen molar-refractivity contribution in [3.8, 4) is 0 Å². The Bertz CT molecular complexity index is 453. The highest BCUT2D eigenvalue weighted by Gasteiger charge is 2.25. The standard InChI is InChI=1S/C11H11ClN2O2S/c12-8-3-1-2-4-9(8)17-7-10(15)14-6-5-13-11(14)16/h1-4H,5-7H2,(H,13,16). The highest BCUT2D eigenvalue weighted by Crippen LogP contribution is 2.26. The number of urea groups is 1. The van der Waals surface area contributed by atoms with E-state index in [1.165, 1.54) is 16.7 Å². The number of amides is 3. The number of carbonyl (C=O) groups is 2. The van der Waals surface area contributed by atoms with E-state index in [2.05, 4.69) is 5.32 Å². The molecule has 1 aliphatic heterocycles. The zero-order valence-corrected chi connectivity index (χ0v) is 10.6. The Morgan fingerprint density at radius 3 is 2.88 bits per heavy atom. The van der Waals surface area contributed by atoms with Gasteiger partial charge >= 0.3 is 6.03 Å². The smallest absolute Gasteiger partial charge is 0.324 e. The predicted octanol–water partition coefficient (Wildman–Crippen LogP) is 1.98. The fourth-order valence-corrected chi connectivity index (χ4v) is 2.60. The lowest BCUT2D eigenvalue weighted by molar-refractivity contribution is -0.124. The average molecular weight is 271 g/mol. The van der Waals surface area contributed by atoms with Crippen molar-refractivity contribution >= 4 is 35.3 Å². The molecule has 1 aromatic carbocycles. The van der Waals surface area contributed by atoms with Crippen LogP contribution >= 0.6 is 23.4 Å². The Morgan fingerprint density at radius 1 is 1.47 bits per heavy atom. The molecule has 0 atom stereocenters. The van der Waals surface area contributed by atoms with Crippen LogP contribution in [0.2, 0.25) is 5.02 Å². The first-order valence-corrected chi connectivity index (χ1v) is 6.50. The summed E-state index contributed by atoms with van der Waals surface area (Å²) in [6, 6.07) is 7.01. The van der Waals surface area contributed by atoms with Crippen LogP contribution in [0.1, 0.15) is 0 Å². The van der Waals surface area contributed by atoms with E-state index in [4.69, 9.17) is 11.6 Å². The number of hydrogen-bond donors (Lipinski definition) is 1. The lowest BCUT2D eigenvalue weighted by Gasteiger charge is -2.11. The second-order valence-corrected chi connectivity index (χ2v) is 4.92. The van der Waals surface area contributed by atoms with Gasteiger partial charge in [-0.25, -0.2) is 4.79 Å². The maximum atomic E-state index is 11.7. The third kappa shape index (κ3) is 2.92. The van der Waals surface area contributed by atoms with Crippen molar-refractivity contribution < 1.29 is 9.59 Å². The van der Waals surface area contributed by atoms with Crippen LogP contribution in [0.3, 0.4) is 0 Å². The van der Waals surface area contributed by atoms with E-state index in [9.17, 15) is 9.59 Å². The van der Waals surface area contributed by atoms with Crippen LogP contribution in [0, 0.1) is 0 Å². The number of nitrogens with one attached hydrogen (secondary N) is 1. The Kier molecular flexibility index (Phi) is 3.91. The third-order valence-electron chi connectivity index (χ3n) is 2.35. The fraction of sp³-hybridized carbons (Fsp3) is 0.273. The number of thioether (sulfide) groups is 1. The van der Waals surface area contributed by atoms with Gasteiger partial charge in [-0.05, 0) is 12.1 Å². The molecule has 0 radical (unpaired) electrons. The molecular formula is C11H11ClN2O2S. The molecular weight excluding hydrogens is 260 g/mol. The van der Waals surface area contributed by atoms with Crippen molar-refractivity contribution in [1.29, 1.82) is 0 Å². The van der Waals surface area contributed by atoms with E-state index >= 15 is 0 Å². The molecule has 0 aliphatic carbocycles. The predicted molar refractivity (Wildman–Crippen MR) is 67.3 cm³/mol. The van der Waals surface area contributed by atoms with Gasteiger partial charge in [0.2, 0.25) is 5.91 Å². The molecule has 1 saturated heterocycles. The van der Waals surface area contributed by atoms with Crippen LogP contribution in [-0.2, 0) is 4.79 Å². The molecule has 0 spiro atoms. The van der Waals surface area contributed by atoms with Gasteiger partial charge in [-0.15, -0.1) is 11.8 Å². The van der Waals surface area contributed by atoms with Crippen molar-refractivity contribution in [1.82, 2.24) is 10.2 Å². The second-order valence-electron chi connectivity index (χ2n) is 3.50. The largest absolute Gasteiger partial charge is 0.336 e. The van der Waals surface area contributed by atoms with Gasteiger partial charge in [0.05, 0.1) is 10.8 Å². The van der Waals surface area contributed by atoms with Gasteiger partial charge in [0.15, 0.2) is 0 Å². The highest BCUT2D eigenvalue weighted by atomic mass is 35.5. The molecule has 1 aliphatic rings. The van der Waals surface area contributed by atoms with Gasteiger partial charge in [0, 0.05) is 18.0 Å². The van der Waals surface area contributed by atoms with E-state index in [1.807, 2.05) is 18.2 Å². The Labute approximate surface area is 108 Å². The van der Waals surface area contributed by atoms with Gasteiger partial charge in [-0.3, -0.25) is 9.69 Å². The number of benzene rings is 1. The van der Waals surface area contributed by atoms with E-state index in [0.717, 1.165) is 4.90 Å². The Hall–Kier alpha value is -1.20. The molecule has 0 bridgehead atoms. The number of imide groups is 1. The van der Waals surface area contributed by atoms with Crippen LogP contribution < -0.4 is 5.32 Å². The molecule has 0 unspecified atom stereocenters. The molecule has 90 valence electrons. The van der Waals surface area contributed by atoms with Crippen LogP contribution in [-0.4, -0.2) is 35.7 Å². The van der Waals surface area contributed by atoms with Gasteiger partial charge in [0.25, 0.3) is 0 Å². The quantitative estimate of drug-likeness (QED) is 0.855. The van der Waals surface area contributed by atoms with Gasteiger partial charge in [0.1, 0.15) is 0 Å². The molecule has 6 heteroatoms. The summed E-state index contributed by atoms with van der Waals surface area (Å²) in [7, 11) is 0. The van der Waals surface area contributed by atoms with Gasteiger partial charge < -0.3 is 5.32 Å². The molecule has 1 heterocycles. The van der Waals surface area contributed by atoms with Crippen molar-refractivity contribution in [2.24, 2.45) is 0 Å². The molecule has 2 rings (SSSR count). The Balaban J connectivity index is 1.92. The maximum Gasteiger partial charge on any atom is 0.324 e. The van der Waals surface area contributed by atoms with Gasteiger partial charge in [-0.1, -0.05) is 23.7 Å². The number of nitrogens with zero attached hydrogens (tertiary/aromatic N) is 1. The first kappa shape index (κ1) is 12.3. The van der Waals surface area contributed by atoms with Crippen LogP contribution in [0.15, 0.2) is 29.2 Å². The third-order valence-corrected chi connectivity index (χ3v) is 3.85. The van der Waals surface area contributed by atoms with Crippen molar-refractivity contribution in [3.05, 3.63) is 29.3 Å². The van der Waals surface area contributed by atoms with Crippen LogP contribution in [0.5, 0.6) is 0 Å². The summed E-state index contributed by atoms with van der Waals surface area (Å²) in [5.41, 5.74) is 0. The average Bonchev–Trinajstić information content (AvgIpc) is 2.74. The maximum absolute atomic E-state index is 11.7. The molecule has 0 saturated carbocycles. The summed E-state index contributed by atoms with van der Waals surface area (Å²) in [6.45, 7) is 0.974. The summed E-state index contributed by atoms with van der Waals surface area (Å²) in [5.74, 6) is 0.0295. The van der Waals surface area contributed by atoms with E-state index in [0.29, 0.717) is 18.1 Å². The molecule has 4 nitrogen and oxygen atoms in total. The minimum Gasteiger partial charge on any atom is -0.336 e. The lowest BCUT2D eigenvalue weighted by Crippen LogP contribution is -2.35. The summed E-state index contributed by atoms with van der Waals surface area (Å²) >= 11 is 7.31. The van der Waals surface area contributed by atoms with E-state index in [1.54, 1.807) is 6.07 Å². The number of rotatable bonds is 3. The zero-order valence-electron chi connectivity index (χ0n) is 8.98. The molecule has 0 aromatic heterocycles. The summed E-state index contributed by atoms with van der Waals surface area (Å²) in [6.07, 6.45) is 0. The zero-order chi connectivity index (χ0) is 12.3. The van der Waals surface area contributed by atoms with Crippen LogP contribution in [0.25, 0.3) is 0 Å². The number of hydrogen-bond acceptors (Lipinski definition) is 3. The highest BCUT2D eigenvalue weighted by molar-refractivity contribution is 8.00. The topological polar surface area (TPSA) is 49.4 Å². The normalized spacial score (nSPS) is 14.9. The van der Waals surface area contributed by atoms with Gasteiger partial charge in [-0.2, -0.15) is 0 Å². The SMILES string of the molecule is O=C(CSc1ccccc1Cl)N1CCNC1=O. The first-order valence-electron chi connectivity index (χ1n) is 5.14. The lowest BCUT2D eigenvalue weighted by atomic mass is 10.4. The molecule has 17 heavy (non-hydrogen) atoms. The van der Waals surface area contributed by atoms with Crippen molar-refractivity contribution in [2.45, 2.75) is 4.90 Å². The molecule has 3 amide bonds.